The summed E-state index contributed by atoms with van der Waals surface area (Å²) in [5, 5.41) is 8.47. The van der Waals surface area contributed by atoms with Crippen LogP contribution in [0.3, 0.4) is 0 Å². The number of hydrogen-bond donors (Lipinski definition) is 2. The minimum Gasteiger partial charge on any atom is -0.496 e. The number of anilines is 1. The number of hydrogen-bond acceptors (Lipinski definition) is 4. The van der Waals surface area contributed by atoms with Crippen LogP contribution in [-0.2, 0) is 6.61 Å². The molecular formula is C26H28ClN3O2S. The average Bonchev–Trinajstić information content (AvgIpc) is 2.80. The Hall–Kier alpha value is -3.09. The maximum Gasteiger partial charge on any atom is 0.191 e. The first-order chi connectivity index (χ1) is 15.9. The predicted molar refractivity (Wildman–Crippen MR) is 141 cm³/mol. The first kappa shape index (κ1) is 24.6. The van der Waals surface area contributed by atoms with Crippen LogP contribution in [0.1, 0.15) is 42.0 Å². The van der Waals surface area contributed by atoms with E-state index in [1.165, 1.54) is 0 Å². The van der Waals surface area contributed by atoms with Crippen molar-refractivity contribution < 1.29 is 9.47 Å². The summed E-state index contributed by atoms with van der Waals surface area (Å²) in [5.41, 5.74) is 7.58. The Morgan fingerprint density at radius 1 is 1.09 bits per heavy atom. The summed E-state index contributed by atoms with van der Waals surface area (Å²) in [6, 6.07) is 19.5. The number of nitrogens with one attached hydrogen (secondary N) is 2. The van der Waals surface area contributed by atoms with E-state index in [4.69, 9.17) is 33.3 Å². The van der Waals surface area contributed by atoms with Crippen LogP contribution in [0.4, 0.5) is 5.69 Å². The lowest BCUT2D eigenvalue weighted by atomic mass is 10.0. The van der Waals surface area contributed by atoms with Gasteiger partial charge in [-0.05, 0) is 84.2 Å². The molecule has 0 aromatic heterocycles. The maximum atomic E-state index is 6.32. The van der Waals surface area contributed by atoms with Crippen LogP contribution in [0.15, 0.2) is 65.8 Å². The Morgan fingerprint density at radius 3 is 2.55 bits per heavy atom. The smallest absolute Gasteiger partial charge is 0.191 e. The van der Waals surface area contributed by atoms with Gasteiger partial charge in [0.25, 0.3) is 0 Å². The van der Waals surface area contributed by atoms with Gasteiger partial charge < -0.3 is 14.8 Å². The second kappa shape index (κ2) is 11.7. The highest BCUT2D eigenvalue weighted by Crippen LogP contribution is 2.33. The Bertz CT molecular complexity index is 1130. The summed E-state index contributed by atoms with van der Waals surface area (Å²) in [7, 11) is 1.65. The Morgan fingerprint density at radius 2 is 1.85 bits per heavy atom. The molecule has 3 rings (SSSR count). The summed E-state index contributed by atoms with van der Waals surface area (Å²) in [5.74, 6) is 1.86. The quantitative estimate of drug-likeness (QED) is 0.213. The van der Waals surface area contributed by atoms with Crippen molar-refractivity contribution in [3.05, 3.63) is 87.9 Å². The summed E-state index contributed by atoms with van der Waals surface area (Å²) in [6.07, 6.45) is 1.70. The highest BCUT2D eigenvalue weighted by molar-refractivity contribution is 7.80. The zero-order chi connectivity index (χ0) is 23.8. The van der Waals surface area contributed by atoms with E-state index in [1.807, 2.05) is 67.6 Å². The molecule has 3 aromatic carbocycles. The van der Waals surface area contributed by atoms with Crippen LogP contribution < -0.4 is 20.2 Å². The molecule has 0 saturated carbocycles. The lowest BCUT2D eigenvalue weighted by Crippen LogP contribution is -2.23. The van der Waals surface area contributed by atoms with Gasteiger partial charge in [0, 0.05) is 16.3 Å². The standard InChI is InChI=1S/C26H28ClN3O2S/c1-17(2)22-14-23(27)18(3)12-25(22)32-16-20-13-19(10-11-24(20)31-4)15-28-30-26(33)29-21-8-6-5-7-9-21/h5-15,17H,16H2,1-4H3,(H2,29,30,33)/b28-15-. The molecule has 2 N–H and O–H groups in total. The second-order valence-corrected chi connectivity index (χ2v) is 8.66. The number of benzene rings is 3. The van der Waals surface area contributed by atoms with E-state index in [0.29, 0.717) is 11.7 Å². The lowest BCUT2D eigenvalue weighted by Gasteiger charge is -2.17. The lowest BCUT2D eigenvalue weighted by molar-refractivity contribution is 0.292. The van der Waals surface area contributed by atoms with Crippen molar-refractivity contribution in [2.24, 2.45) is 5.10 Å². The molecule has 0 aliphatic rings. The summed E-state index contributed by atoms with van der Waals surface area (Å²) < 4.78 is 11.7. The number of ether oxygens (including phenoxy) is 2. The maximum absolute atomic E-state index is 6.32. The molecule has 0 bridgehead atoms. The summed E-state index contributed by atoms with van der Waals surface area (Å²) in [4.78, 5) is 0. The monoisotopic (exact) mass is 481 g/mol. The van der Waals surface area contributed by atoms with Crippen molar-refractivity contribution >= 4 is 40.8 Å². The molecule has 0 atom stereocenters. The van der Waals surface area contributed by atoms with Crippen molar-refractivity contribution in [3.8, 4) is 11.5 Å². The normalized spacial score (nSPS) is 11.0. The van der Waals surface area contributed by atoms with E-state index in [0.717, 1.165) is 44.5 Å². The van der Waals surface area contributed by atoms with Gasteiger partial charge in [-0.3, -0.25) is 5.43 Å². The molecule has 0 amide bonds. The molecule has 0 fully saturated rings. The minimum absolute atomic E-state index is 0.290. The Kier molecular flexibility index (Phi) is 8.69. The van der Waals surface area contributed by atoms with Crippen LogP contribution >= 0.6 is 23.8 Å². The fourth-order valence-electron chi connectivity index (χ4n) is 3.24. The minimum atomic E-state index is 0.290. The van der Waals surface area contributed by atoms with E-state index >= 15 is 0 Å². The van der Waals surface area contributed by atoms with Crippen LogP contribution in [0.2, 0.25) is 5.02 Å². The van der Waals surface area contributed by atoms with Crippen LogP contribution in [0.25, 0.3) is 0 Å². The molecule has 0 heterocycles. The SMILES string of the molecule is COc1ccc(/C=N\NC(=S)Nc2ccccc2)cc1COc1cc(C)c(Cl)cc1C(C)C. The van der Waals surface area contributed by atoms with Gasteiger partial charge in [-0.1, -0.05) is 43.6 Å². The number of aryl methyl sites for hydroxylation is 1. The number of rotatable bonds is 8. The zero-order valence-corrected chi connectivity index (χ0v) is 20.8. The molecule has 33 heavy (non-hydrogen) atoms. The van der Waals surface area contributed by atoms with Gasteiger partial charge in [0.2, 0.25) is 0 Å². The zero-order valence-electron chi connectivity index (χ0n) is 19.2. The van der Waals surface area contributed by atoms with Gasteiger partial charge in [-0.15, -0.1) is 0 Å². The second-order valence-electron chi connectivity index (χ2n) is 7.84. The van der Waals surface area contributed by atoms with Crippen LogP contribution in [0.5, 0.6) is 11.5 Å². The molecule has 172 valence electrons. The average molecular weight is 482 g/mol. The number of halogens is 1. The predicted octanol–water partition coefficient (Wildman–Crippen LogP) is 6.68. The third-order valence-electron chi connectivity index (χ3n) is 5.01. The number of thiocarbonyl (C=S) groups is 1. The van der Waals surface area contributed by atoms with Gasteiger partial charge >= 0.3 is 0 Å². The van der Waals surface area contributed by atoms with Gasteiger partial charge in [-0.2, -0.15) is 5.10 Å². The summed E-state index contributed by atoms with van der Waals surface area (Å²) in [6.45, 7) is 6.57. The van der Waals surface area contributed by atoms with E-state index in [1.54, 1.807) is 13.3 Å². The first-order valence-electron chi connectivity index (χ1n) is 10.6. The Labute approximate surface area is 205 Å². The molecule has 0 saturated heterocycles. The van der Waals surface area contributed by atoms with Crippen molar-refractivity contribution in [2.75, 3.05) is 12.4 Å². The van der Waals surface area contributed by atoms with Crippen molar-refractivity contribution in [1.82, 2.24) is 5.43 Å². The van der Waals surface area contributed by atoms with E-state index < -0.39 is 0 Å². The number of para-hydroxylation sites is 1. The van der Waals surface area contributed by atoms with Crippen molar-refractivity contribution in [1.29, 1.82) is 0 Å². The van der Waals surface area contributed by atoms with Gasteiger partial charge in [-0.25, -0.2) is 0 Å². The number of methoxy groups -OCH3 is 1. The largest absolute Gasteiger partial charge is 0.496 e. The fourth-order valence-corrected chi connectivity index (χ4v) is 3.58. The molecule has 0 unspecified atom stereocenters. The molecule has 5 nitrogen and oxygen atoms in total. The van der Waals surface area contributed by atoms with E-state index in [2.05, 4.69) is 29.7 Å². The fraction of sp³-hybridized carbons (Fsp3) is 0.231. The molecule has 3 aromatic rings. The van der Waals surface area contributed by atoms with Gasteiger partial charge in [0.05, 0.1) is 13.3 Å². The number of nitrogens with zero attached hydrogens (tertiary/aromatic N) is 1. The topological polar surface area (TPSA) is 54.9 Å². The van der Waals surface area contributed by atoms with E-state index in [-0.39, 0.29) is 5.92 Å². The molecule has 0 radical (unpaired) electrons. The molecule has 0 aliphatic heterocycles. The van der Waals surface area contributed by atoms with Gasteiger partial charge in [0.1, 0.15) is 18.1 Å². The highest BCUT2D eigenvalue weighted by atomic mass is 35.5. The van der Waals surface area contributed by atoms with Crippen LogP contribution in [-0.4, -0.2) is 18.4 Å². The van der Waals surface area contributed by atoms with Gasteiger partial charge in [0.15, 0.2) is 5.11 Å². The third kappa shape index (κ3) is 6.94. The van der Waals surface area contributed by atoms with Crippen LogP contribution in [0, 0.1) is 6.92 Å². The highest BCUT2D eigenvalue weighted by Gasteiger charge is 2.13. The molecule has 0 spiro atoms. The number of hydrazone groups is 1. The Balaban J connectivity index is 1.69. The molecule has 0 aliphatic carbocycles. The van der Waals surface area contributed by atoms with E-state index in [9.17, 15) is 0 Å². The summed E-state index contributed by atoms with van der Waals surface area (Å²) >= 11 is 11.6. The van der Waals surface area contributed by atoms with Crippen molar-refractivity contribution in [3.63, 3.8) is 0 Å². The first-order valence-corrected chi connectivity index (χ1v) is 11.4. The third-order valence-corrected chi connectivity index (χ3v) is 5.61. The molecular weight excluding hydrogens is 454 g/mol. The van der Waals surface area contributed by atoms with Crippen molar-refractivity contribution in [2.45, 2.75) is 33.3 Å². The molecule has 7 heteroatoms.